The number of nitrogens with zero attached hydrogens (tertiary/aromatic N) is 4. The summed E-state index contributed by atoms with van der Waals surface area (Å²) in [5, 5.41) is 7.52. The van der Waals surface area contributed by atoms with Crippen molar-refractivity contribution >= 4 is 21.7 Å². The molecular weight excluding hydrogens is 356 g/mol. The standard InChI is InChI=1S/C25H25N4/c26-28-27-18-10-1-2-11-19-29-24-17-9-8-15-22(24)21-14-6-7-16-23(21)25(29)20-12-4-3-5-13-20/h3-9,12-17H,1-2,10-11,18-19H2/q+1. The van der Waals surface area contributed by atoms with Gasteiger partial charge in [0.15, 0.2) is 0 Å². The fraction of sp³-hybridized carbons (Fsp3) is 0.240. The third-order valence-electron chi connectivity index (χ3n) is 5.44. The number of pyridine rings is 1. The molecule has 4 nitrogen and oxygen atoms in total. The summed E-state index contributed by atoms with van der Waals surface area (Å²) < 4.78 is 2.49. The lowest BCUT2D eigenvalue weighted by Crippen LogP contribution is -2.37. The van der Waals surface area contributed by atoms with E-state index in [0.29, 0.717) is 6.54 Å². The second kappa shape index (κ2) is 9.22. The van der Waals surface area contributed by atoms with Gasteiger partial charge in [-0.2, -0.15) is 4.57 Å². The SMILES string of the molecule is [N-]=[N+]=NCCCCCC[n+]1c(-c2ccccc2)c2ccccc2c2ccccc21. The van der Waals surface area contributed by atoms with Gasteiger partial charge in [-0.05, 0) is 42.6 Å². The fourth-order valence-corrected chi connectivity index (χ4v) is 4.12. The summed E-state index contributed by atoms with van der Waals surface area (Å²) in [5.74, 6) is 0. The van der Waals surface area contributed by atoms with Gasteiger partial charge < -0.3 is 0 Å². The Morgan fingerprint density at radius 1 is 0.690 bits per heavy atom. The maximum absolute atomic E-state index is 8.40. The van der Waals surface area contributed by atoms with Crippen molar-refractivity contribution < 1.29 is 4.57 Å². The van der Waals surface area contributed by atoms with Crippen molar-refractivity contribution in [2.45, 2.75) is 32.2 Å². The molecular formula is C25H25N4+. The zero-order chi connectivity index (χ0) is 19.9. The van der Waals surface area contributed by atoms with E-state index in [4.69, 9.17) is 5.53 Å². The Kier molecular flexibility index (Phi) is 6.04. The maximum Gasteiger partial charge on any atom is 0.220 e. The number of unbranched alkanes of at least 4 members (excludes halogenated alkanes) is 3. The van der Waals surface area contributed by atoms with E-state index in [1.165, 1.54) is 32.9 Å². The fourth-order valence-electron chi connectivity index (χ4n) is 4.12. The number of rotatable bonds is 8. The molecule has 0 aliphatic carbocycles. The van der Waals surface area contributed by atoms with E-state index >= 15 is 0 Å². The predicted molar refractivity (Wildman–Crippen MR) is 120 cm³/mol. The quantitative estimate of drug-likeness (QED) is 0.0803. The third kappa shape index (κ3) is 4.08. The first-order valence-electron chi connectivity index (χ1n) is 10.3. The molecule has 0 spiro atoms. The lowest BCUT2D eigenvalue weighted by atomic mass is 9.98. The molecule has 0 unspecified atom stereocenters. The highest BCUT2D eigenvalue weighted by Gasteiger charge is 2.22. The molecule has 29 heavy (non-hydrogen) atoms. The Morgan fingerprint density at radius 2 is 1.34 bits per heavy atom. The van der Waals surface area contributed by atoms with Gasteiger partial charge in [0.25, 0.3) is 0 Å². The normalized spacial score (nSPS) is 10.9. The van der Waals surface area contributed by atoms with Gasteiger partial charge >= 0.3 is 0 Å². The Hall–Kier alpha value is -3.36. The van der Waals surface area contributed by atoms with Crippen LogP contribution in [0.2, 0.25) is 0 Å². The minimum atomic E-state index is 0.595. The summed E-state index contributed by atoms with van der Waals surface area (Å²) in [6.45, 7) is 1.56. The Morgan fingerprint density at radius 3 is 2.14 bits per heavy atom. The molecule has 3 aromatic carbocycles. The van der Waals surface area contributed by atoms with Crippen molar-refractivity contribution in [1.82, 2.24) is 0 Å². The van der Waals surface area contributed by atoms with E-state index in [1.807, 2.05) is 0 Å². The number of fused-ring (bicyclic) bond motifs is 3. The number of hydrogen-bond acceptors (Lipinski definition) is 1. The molecule has 144 valence electrons. The molecule has 4 heteroatoms. The van der Waals surface area contributed by atoms with Gasteiger partial charge in [0.2, 0.25) is 11.2 Å². The van der Waals surface area contributed by atoms with Crippen LogP contribution in [-0.2, 0) is 6.54 Å². The first kappa shape index (κ1) is 19.0. The number of azide groups is 1. The number of para-hydroxylation sites is 1. The van der Waals surface area contributed by atoms with E-state index in [-0.39, 0.29) is 0 Å². The van der Waals surface area contributed by atoms with Gasteiger partial charge in [-0.3, -0.25) is 0 Å². The Bertz CT molecular complexity index is 1160. The largest absolute Gasteiger partial charge is 0.220 e. The van der Waals surface area contributed by atoms with Crippen LogP contribution >= 0.6 is 0 Å². The van der Waals surface area contributed by atoms with Crippen molar-refractivity contribution in [1.29, 1.82) is 0 Å². The monoisotopic (exact) mass is 381 g/mol. The van der Waals surface area contributed by atoms with Crippen LogP contribution < -0.4 is 4.57 Å². The van der Waals surface area contributed by atoms with Gasteiger partial charge in [0.1, 0.15) is 6.54 Å². The average Bonchev–Trinajstić information content (AvgIpc) is 2.79. The summed E-state index contributed by atoms with van der Waals surface area (Å²) in [4.78, 5) is 2.83. The Labute approximate surface area is 171 Å². The molecule has 0 saturated heterocycles. The zero-order valence-electron chi connectivity index (χ0n) is 16.5. The van der Waals surface area contributed by atoms with Gasteiger partial charge in [-0.25, -0.2) is 0 Å². The van der Waals surface area contributed by atoms with Crippen LogP contribution in [0, 0.1) is 0 Å². The molecule has 1 heterocycles. The number of aromatic nitrogens is 1. The topological polar surface area (TPSA) is 52.6 Å². The second-order valence-corrected chi connectivity index (χ2v) is 7.30. The molecule has 0 atom stereocenters. The molecule has 0 aliphatic rings. The Balaban J connectivity index is 1.77. The summed E-state index contributed by atoms with van der Waals surface area (Å²) >= 11 is 0. The molecule has 0 N–H and O–H groups in total. The zero-order valence-corrected chi connectivity index (χ0v) is 16.5. The highest BCUT2D eigenvalue weighted by atomic mass is 15.1. The molecule has 0 radical (unpaired) electrons. The molecule has 0 fully saturated rings. The van der Waals surface area contributed by atoms with Crippen molar-refractivity contribution in [3.05, 3.63) is 89.3 Å². The highest BCUT2D eigenvalue weighted by Crippen LogP contribution is 2.31. The molecule has 0 bridgehead atoms. The molecule has 0 amide bonds. The first-order valence-corrected chi connectivity index (χ1v) is 10.3. The van der Waals surface area contributed by atoms with Crippen LogP contribution in [0.1, 0.15) is 25.7 Å². The second-order valence-electron chi connectivity index (χ2n) is 7.30. The number of aryl methyl sites for hydroxylation is 1. The summed E-state index contributed by atoms with van der Waals surface area (Å²) in [6, 6.07) is 28.1. The van der Waals surface area contributed by atoms with Crippen LogP contribution in [0.4, 0.5) is 0 Å². The third-order valence-corrected chi connectivity index (χ3v) is 5.44. The van der Waals surface area contributed by atoms with Gasteiger partial charge in [0.05, 0.1) is 10.8 Å². The average molecular weight is 382 g/mol. The van der Waals surface area contributed by atoms with Crippen LogP contribution in [0.3, 0.4) is 0 Å². The molecule has 4 aromatic rings. The lowest BCUT2D eigenvalue weighted by molar-refractivity contribution is -0.659. The van der Waals surface area contributed by atoms with Crippen LogP contribution in [-0.4, -0.2) is 6.54 Å². The summed E-state index contributed by atoms with van der Waals surface area (Å²) in [6.07, 6.45) is 4.27. The van der Waals surface area contributed by atoms with Crippen molar-refractivity contribution in [3.8, 4) is 11.3 Å². The van der Waals surface area contributed by atoms with E-state index in [0.717, 1.165) is 32.2 Å². The van der Waals surface area contributed by atoms with E-state index in [1.54, 1.807) is 0 Å². The maximum atomic E-state index is 8.40. The first-order chi connectivity index (χ1) is 14.4. The smallest absolute Gasteiger partial charge is 0.191 e. The molecule has 0 aliphatic heterocycles. The van der Waals surface area contributed by atoms with Crippen molar-refractivity contribution in [2.24, 2.45) is 5.11 Å². The van der Waals surface area contributed by atoms with Gasteiger partial charge in [-0.1, -0.05) is 60.1 Å². The molecule has 4 rings (SSSR count). The number of benzene rings is 3. The minimum Gasteiger partial charge on any atom is -0.191 e. The van der Waals surface area contributed by atoms with E-state index in [2.05, 4.69) is 93.5 Å². The van der Waals surface area contributed by atoms with Crippen molar-refractivity contribution in [3.63, 3.8) is 0 Å². The minimum absolute atomic E-state index is 0.595. The lowest BCUT2D eigenvalue weighted by Gasteiger charge is -2.12. The summed E-state index contributed by atoms with van der Waals surface area (Å²) in [5.41, 5.74) is 12.2. The summed E-state index contributed by atoms with van der Waals surface area (Å²) in [7, 11) is 0. The van der Waals surface area contributed by atoms with Crippen LogP contribution in [0.15, 0.2) is 84.0 Å². The van der Waals surface area contributed by atoms with Gasteiger partial charge in [0, 0.05) is 34.9 Å². The van der Waals surface area contributed by atoms with E-state index < -0.39 is 0 Å². The van der Waals surface area contributed by atoms with E-state index in [9.17, 15) is 0 Å². The van der Waals surface area contributed by atoms with Crippen molar-refractivity contribution in [2.75, 3.05) is 6.54 Å². The van der Waals surface area contributed by atoms with Crippen LogP contribution in [0.5, 0.6) is 0 Å². The molecule has 1 aromatic heterocycles. The number of hydrogen-bond donors (Lipinski definition) is 0. The molecule has 0 saturated carbocycles. The predicted octanol–water partition coefficient (Wildman–Crippen LogP) is 6.82. The van der Waals surface area contributed by atoms with Crippen LogP contribution in [0.25, 0.3) is 43.4 Å². The van der Waals surface area contributed by atoms with Gasteiger partial charge in [-0.15, -0.1) is 0 Å². The highest BCUT2D eigenvalue weighted by molar-refractivity contribution is 6.08.